The standard InChI is InChI=1S/C15H20N2O2/c1-19-15(12-6-3-7-13(15)17-9-12)11-5-2-4-10(8-11)14(16)18/h2,4-5,8,12-13,17H,3,6-7,9H2,1H3,(H2,16,18). The first-order valence-electron chi connectivity index (χ1n) is 6.87. The Kier molecular flexibility index (Phi) is 3.07. The second-order valence-electron chi connectivity index (χ2n) is 5.53. The molecule has 1 aromatic rings. The number of nitrogens with two attached hydrogens (primary N) is 1. The van der Waals surface area contributed by atoms with Gasteiger partial charge in [-0.15, -0.1) is 0 Å². The topological polar surface area (TPSA) is 64.3 Å². The van der Waals surface area contributed by atoms with Crippen molar-refractivity contribution in [2.24, 2.45) is 11.7 Å². The Morgan fingerprint density at radius 2 is 2.32 bits per heavy atom. The van der Waals surface area contributed by atoms with Gasteiger partial charge in [-0.2, -0.15) is 0 Å². The lowest BCUT2D eigenvalue weighted by molar-refractivity contribution is -0.0766. The van der Waals surface area contributed by atoms with Crippen molar-refractivity contribution in [1.82, 2.24) is 5.32 Å². The average molecular weight is 260 g/mol. The number of hydrogen-bond acceptors (Lipinski definition) is 3. The molecule has 0 aromatic heterocycles. The van der Waals surface area contributed by atoms with Crippen molar-refractivity contribution in [3.8, 4) is 0 Å². The summed E-state index contributed by atoms with van der Waals surface area (Å²) in [7, 11) is 1.77. The van der Waals surface area contributed by atoms with Crippen LogP contribution in [0.15, 0.2) is 24.3 Å². The van der Waals surface area contributed by atoms with E-state index in [4.69, 9.17) is 10.5 Å². The zero-order valence-electron chi connectivity index (χ0n) is 11.2. The van der Waals surface area contributed by atoms with E-state index >= 15 is 0 Å². The molecular weight excluding hydrogens is 240 g/mol. The van der Waals surface area contributed by atoms with Gasteiger partial charge in [-0.05, 0) is 30.5 Å². The van der Waals surface area contributed by atoms with Gasteiger partial charge in [-0.1, -0.05) is 18.6 Å². The van der Waals surface area contributed by atoms with Crippen molar-refractivity contribution in [2.45, 2.75) is 30.9 Å². The van der Waals surface area contributed by atoms with E-state index in [9.17, 15) is 4.79 Å². The second kappa shape index (κ2) is 4.62. The quantitative estimate of drug-likeness (QED) is 0.863. The molecule has 3 N–H and O–H groups in total. The molecule has 1 heterocycles. The van der Waals surface area contributed by atoms with Crippen molar-refractivity contribution >= 4 is 5.91 Å². The van der Waals surface area contributed by atoms with Crippen LogP contribution >= 0.6 is 0 Å². The number of rotatable bonds is 3. The Labute approximate surface area is 113 Å². The molecule has 0 radical (unpaired) electrons. The van der Waals surface area contributed by atoms with Gasteiger partial charge in [0.15, 0.2) is 0 Å². The summed E-state index contributed by atoms with van der Waals surface area (Å²) >= 11 is 0. The van der Waals surface area contributed by atoms with Crippen LogP contribution in [0.2, 0.25) is 0 Å². The van der Waals surface area contributed by atoms with Crippen LogP contribution in [0.3, 0.4) is 0 Å². The van der Waals surface area contributed by atoms with Gasteiger partial charge in [-0.25, -0.2) is 0 Å². The number of primary amides is 1. The summed E-state index contributed by atoms with van der Waals surface area (Å²) in [5, 5.41) is 3.57. The number of carbonyl (C=O) groups is 1. The van der Waals surface area contributed by atoms with Crippen LogP contribution in [0.4, 0.5) is 0 Å². The van der Waals surface area contributed by atoms with Crippen molar-refractivity contribution in [3.63, 3.8) is 0 Å². The molecule has 2 bridgehead atoms. The number of hydrogen-bond donors (Lipinski definition) is 2. The van der Waals surface area contributed by atoms with Crippen LogP contribution in [0.25, 0.3) is 0 Å². The fraction of sp³-hybridized carbons (Fsp3) is 0.533. The van der Waals surface area contributed by atoms with Gasteiger partial charge in [0.25, 0.3) is 0 Å². The molecule has 4 heteroatoms. The molecule has 3 rings (SSSR count). The van der Waals surface area contributed by atoms with Gasteiger partial charge < -0.3 is 15.8 Å². The van der Waals surface area contributed by atoms with Crippen molar-refractivity contribution < 1.29 is 9.53 Å². The molecule has 1 aromatic carbocycles. The predicted molar refractivity (Wildman–Crippen MR) is 72.8 cm³/mol. The van der Waals surface area contributed by atoms with Gasteiger partial charge in [0.2, 0.25) is 5.91 Å². The fourth-order valence-corrected chi connectivity index (χ4v) is 3.85. The summed E-state index contributed by atoms with van der Waals surface area (Å²) in [5.74, 6) is 0.0867. The smallest absolute Gasteiger partial charge is 0.248 e. The highest BCUT2D eigenvalue weighted by Gasteiger charge is 2.53. The first kappa shape index (κ1) is 12.6. The summed E-state index contributed by atoms with van der Waals surface area (Å²) in [6.07, 6.45) is 3.52. The van der Waals surface area contributed by atoms with Crippen LogP contribution in [-0.2, 0) is 10.3 Å². The summed E-state index contributed by atoms with van der Waals surface area (Å²) in [6, 6.07) is 7.93. The highest BCUT2D eigenvalue weighted by atomic mass is 16.5. The van der Waals surface area contributed by atoms with E-state index in [1.807, 2.05) is 18.2 Å². The number of carbonyl (C=O) groups excluding carboxylic acids is 1. The first-order valence-corrected chi connectivity index (χ1v) is 6.87. The second-order valence-corrected chi connectivity index (χ2v) is 5.53. The minimum atomic E-state index is -0.385. The van der Waals surface area contributed by atoms with Crippen LogP contribution in [0, 0.1) is 5.92 Å². The number of ether oxygens (including phenoxy) is 1. The number of methoxy groups -OCH3 is 1. The van der Waals surface area contributed by atoms with Gasteiger partial charge >= 0.3 is 0 Å². The maximum Gasteiger partial charge on any atom is 0.248 e. The van der Waals surface area contributed by atoms with E-state index in [-0.39, 0.29) is 11.5 Å². The molecule has 3 atom stereocenters. The Hall–Kier alpha value is -1.39. The third-order valence-electron chi connectivity index (χ3n) is 4.72. The number of fused-ring (bicyclic) bond motifs is 2. The monoisotopic (exact) mass is 260 g/mol. The summed E-state index contributed by atoms with van der Waals surface area (Å²) in [5.41, 5.74) is 6.71. The highest BCUT2D eigenvalue weighted by molar-refractivity contribution is 5.92. The zero-order valence-corrected chi connectivity index (χ0v) is 11.2. The van der Waals surface area contributed by atoms with Gasteiger partial charge in [0.1, 0.15) is 5.60 Å². The minimum absolute atomic E-state index is 0.302. The van der Waals surface area contributed by atoms with Gasteiger partial charge in [0.05, 0.1) is 0 Å². The molecule has 1 amide bonds. The molecule has 1 saturated heterocycles. The normalized spacial score (nSPS) is 33.3. The maximum absolute atomic E-state index is 11.4. The summed E-state index contributed by atoms with van der Waals surface area (Å²) in [6.45, 7) is 0.985. The molecule has 2 aliphatic rings. The van der Waals surface area contributed by atoms with Crippen LogP contribution < -0.4 is 11.1 Å². The lowest BCUT2D eigenvalue weighted by atomic mass is 9.71. The van der Waals surface area contributed by atoms with Crippen LogP contribution in [0.1, 0.15) is 35.2 Å². The lowest BCUT2D eigenvalue weighted by Crippen LogP contribution is -2.47. The number of benzene rings is 1. The highest BCUT2D eigenvalue weighted by Crippen LogP contribution is 2.48. The van der Waals surface area contributed by atoms with E-state index < -0.39 is 0 Å². The molecule has 1 saturated carbocycles. The molecule has 3 unspecified atom stereocenters. The Balaban J connectivity index is 2.07. The molecule has 19 heavy (non-hydrogen) atoms. The Morgan fingerprint density at radius 3 is 3.00 bits per heavy atom. The van der Waals surface area contributed by atoms with E-state index in [2.05, 4.69) is 5.32 Å². The predicted octanol–water partition coefficient (Wildman–Crippen LogP) is 1.40. The number of amides is 1. The molecule has 4 nitrogen and oxygen atoms in total. The van der Waals surface area contributed by atoms with Gasteiger partial charge in [-0.3, -0.25) is 4.79 Å². The summed E-state index contributed by atoms with van der Waals surface area (Å²) < 4.78 is 5.97. The lowest BCUT2D eigenvalue weighted by Gasteiger charge is -2.42. The zero-order chi connectivity index (χ0) is 13.5. The fourth-order valence-electron chi connectivity index (χ4n) is 3.85. The Bertz CT molecular complexity index is 485. The number of nitrogens with one attached hydrogen (secondary N) is 1. The average Bonchev–Trinajstić information content (AvgIpc) is 2.61. The van der Waals surface area contributed by atoms with E-state index in [0.29, 0.717) is 17.5 Å². The van der Waals surface area contributed by atoms with Gasteiger partial charge in [0, 0.05) is 31.2 Å². The minimum Gasteiger partial charge on any atom is -0.372 e. The third kappa shape index (κ3) is 1.78. The molecule has 1 aliphatic carbocycles. The van der Waals surface area contributed by atoms with Crippen molar-refractivity contribution in [3.05, 3.63) is 35.4 Å². The molecule has 102 valence electrons. The molecule has 1 aliphatic heterocycles. The van der Waals surface area contributed by atoms with E-state index in [1.54, 1.807) is 13.2 Å². The van der Waals surface area contributed by atoms with Crippen molar-refractivity contribution in [2.75, 3.05) is 13.7 Å². The Morgan fingerprint density at radius 1 is 1.47 bits per heavy atom. The molecular formula is C15H20N2O2. The largest absolute Gasteiger partial charge is 0.372 e. The summed E-state index contributed by atoms with van der Waals surface area (Å²) in [4.78, 5) is 11.4. The van der Waals surface area contributed by atoms with Crippen LogP contribution in [-0.4, -0.2) is 25.6 Å². The van der Waals surface area contributed by atoms with Crippen molar-refractivity contribution in [1.29, 1.82) is 0 Å². The van der Waals surface area contributed by atoms with Crippen LogP contribution in [0.5, 0.6) is 0 Å². The third-order valence-corrected chi connectivity index (χ3v) is 4.72. The van der Waals surface area contributed by atoms with E-state index in [0.717, 1.165) is 24.9 Å². The SMILES string of the molecule is COC1(c2cccc(C(N)=O)c2)C2CCCC1NC2. The first-order chi connectivity index (χ1) is 9.18. The molecule has 2 fully saturated rings. The van der Waals surface area contributed by atoms with E-state index in [1.165, 1.54) is 6.42 Å². The maximum atomic E-state index is 11.4. The molecule has 0 spiro atoms.